The Hall–Kier alpha value is -2.37. The lowest BCUT2D eigenvalue weighted by Crippen LogP contribution is -2.36. The molecule has 0 aliphatic rings. The number of halogens is 1. The second kappa shape index (κ2) is 8.31. The van der Waals surface area contributed by atoms with Gasteiger partial charge >= 0.3 is 11.8 Å². The predicted octanol–water partition coefficient (Wildman–Crippen LogP) is 2.52. The van der Waals surface area contributed by atoms with Crippen molar-refractivity contribution in [3.05, 3.63) is 65.2 Å². The third-order valence-electron chi connectivity index (χ3n) is 3.22. The van der Waals surface area contributed by atoms with E-state index < -0.39 is 17.9 Å². The summed E-state index contributed by atoms with van der Waals surface area (Å²) < 4.78 is 0. The zero-order chi connectivity index (χ0) is 16.7. The number of nitrogens with one attached hydrogen (secondary N) is 2. The minimum atomic E-state index is -0.799. The van der Waals surface area contributed by atoms with Crippen LogP contribution in [0.15, 0.2) is 54.6 Å². The second-order valence-electron chi connectivity index (χ2n) is 4.91. The van der Waals surface area contributed by atoms with Crippen molar-refractivity contribution in [2.24, 2.45) is 0 Å². The van der Waals surface area contributed by atoms with Crippen LogP contribution in [-0.2, 0) is 9.59 Å². The average molecular weight is 333 g/mol. The van der Waals surface area contributed by atoms with E-state index in [-0.39, 0.29) is 6.54 Å². The lowest BCUT2D eigenvalue weighted by atomic mass is 10.1. The van der Waals surface area contributed by atoms with Crippen molar-refractivity contribution in [1.82, 2.24) is 5.32 Å². The molecule has 2 aromatic rings. The largest absolute Gasteiger partial charge is 0.388 e. The molecule has 0 saturated carbocycles. The first-order chi connectivity index (χ1) is 11.1. The summed E-state index contributed by atoms with van der Waals surface area (Å²) in [6.45, 7) is 0.185. The molecule has 23 heavy (non-hydrogen) atoms. The molecule has 0 fully saturated rings. The average Bonchev–Trinajstić information content (AvgIpc) is 2.57. The van der Waals surface area contributed by atoms with Gasteiger partial charge in [0.1, 0.15) is 0 Å². The highest BCUT2D eigenvalue weighted by molar-refractivity contribution is 6.41. The summed E-state index contributed by atoms with van der Waals surface area (Å²) >= 11 is 5.91. The maximum atomic E-state index is 11.8. The number of hydrogen-bond acceptors (Lipinski definition) is 3. The molecule has 3 N–H and O–H groups in total. The van der Waals surface area contributed by atoms with E-state index >= 15 is 0 Å². The van der Waals surface area contributed by atoms with Gasteiger partial charge in [-0.1, -0.05) is 54.1 Å². The van der Waals surface area contributed by atoms with Gasteiger partial charge < -0.3 is 15.7 Å². The Morgan fingerprint density at radius 2 is 1.65 bits per heavy atom. The van der Waals surface area contributed by atoms with E-state index in [1.54, 1.807) is 36.4 Å². The standard InChI is InChI=1S/C17H17ClN2O3/c18-13-8-4-5-9-14(13)20-17(23)16(22)19-11-10-15(21)12-6-2-1-3-7-12/h1-9,15,21H,10-11H2,(H,19,22)(H,20,23)/t15-/m1/s1. The third kappa shape index (κ3) is 5.09. The normalized spacial score (nSPS) is 11.6. The Balaban J connectivity index is 1.78. The van der Waals surface area contributed by atoms with Crippen molar-refractivity contribution in [2.75, 3.05) is 11.9 Å². The number of carbonyl (C=O) groups is 2. The minimum absolute atomic E-state index is 0.185. The molecule has 0 radical (unpaired) electrons. The molecule has 6 heteroatoms. The molecule has 2 rings (SSSR count). The molecule has 0 saturated heterocycles. The van der Waals surface area contributed by atoms with E-state index in [1.165, 1.54) is 0 Å². The molecule has 5 nitrogen and oxygen atoms in total. The van der Waals surface area contributed by atoms with Gasteiger partial charge in [-0.15, -0.1) is 0 Å². The van der Waals surface area contributed by atoms with Crippen molar-refractivity contribution in [2.45, 2.75) is 12.5 Å². The Morgan fingerprint density at radius 3 is 2.35 bits per heavy atom. The fourth-order valence-electron chi connectivity index (χ4n) is 1.99. The number of aliphatic hydroxyl groups excluding tert-OH is 1. The van der Waals surface area contributed by atoms with Gasteiger partial charge in [-0.25, -0.2) is 0 Å². The first kappa shape index (κ1) is 17.0. The van der Waals surface area contributed by atoms with Gasteiger partial charge in [-0.05, 0) is 24.1 Å². The molecular weight excluding hydrogens is 316 g/mol. The van der Waals surface area contributed by atoms with E-state index in [0.29, 0.717) is 17.1 Å². The number of aliphatic hydroxyl groups is 1. The van der Waals surface area contributed by atoms with Crippen LogP contribution in [0.1, 0.15) is 18.1 Å². The summed E-state index contributed by atoms with van der Waals surface area (Å²) in [7, 11) is 0. The Bertz CT molecular complexity index is 677. The number of anilines is 1. The molecule has 0 aliphatic carbocycles. The van der Waals surface area contributed by atoms with Crippen LogP contribution in [0.25, 0.3) is 0 Å². The third-order valence-corrected chi connectivity index (χ3v) is 3.55. The zero-order valence-electron chi connectivity index (χ0n) is 12.3. The molecule has 0 bridgehead atoms. The quantitative estimate of drug-likeness (QED) is 0.736. The monoisotopic (exact) mass is 332 g/mol. The van der Waals surface area contributed by atoms with E-state index in [2.05, 4.69) is 10.6 Å². The van der Waals surface area contributed by atoms with Crippen molar-refractivity contribution < 1.29 is 14.7 Å². The SMILES string of the molecule is O=C(NCC[C@@H](O)c1ccccc1)C(=O)Nc1ccccc1Cl. The van der Waals surface area contributed by atoms with Crippen molar-refractivity contribution in [1.29, 1.82) is 0 Å². The molecule has 120 valence electrons. The number of amides is 2. The first-order valence-corrected chi connectivity index (χ1v) is 7.52. The molecule has 0 aliphatic heterocycles. The van der Waals surface area contributed by atoms with Gasteiger partial charge in [0, 0.05) is 6.54 Å². The van der Waals surface area contributed by atoms with Crippen LogP contribution < -0.4 is 10.6 Å². The van der Waals surface area contributed by atoms with Crippen LogP contribution in [0.2, 0.25) is 5.02 Å². The number of para-hydroxylation sites is 1. The predicted molar refractivity (Wildman–Crippen MR) is 89.1 cm³/mol. The van der Waals surface area contributed by atoms with E-state index in [4.69, 9.17) is 11.6 Å². The molecular formula is C17H17ClN2O3. The van der Waals surface area contributed by atoms with Gasteiger partial charge in [-0.2, -0.15) is 0 Å². The second-order valence-corrected chi connectivity index (χ2v) is 5.31. The Morgan fingerprint density at radius 1 is 1.00 bits per heavy atom. The molecule has 2 amide bonds. The van der Waals surface area contributed by atoms with Crippen molar-refractivity contribution in [3.63, 3.8) is 0 Å². The van der Waals surface area contributed by atoms with Gasteiger partial charge in [0.2, 0.25) is 0 Å². The van der Waals surface area contributed by atoms with E-state index in [0.717, 1.165) is 5.56 Å². The van der Waals surface area contributed by atoms with Crippen LogP contribution in [0.5, 0.6) is 0 Å². The number of hydrogen-bond donors (Lipinski definition) is 3. The fourth-order valence-corrected chi connectivity index (χ4v) is 2.17. The first-order valence-electron chi connectivity index (χ1n) is 7.14. The highest BCUT2D eigenvalue weighted by atomic mass is 35.5. The van der Waals surface area contributed by atoms with E-state index in [9.17, 15) is 14.7 Å². The summed E-state index contributed by atoms with van der Waals surface area (Å²) in [5.41, 5.74) is 1.14. The van der Waals surface area contributed by atoms with Crippen molar-refractivity contribution in [3.8, 4) is 0 Å². The topological polar surface area (TPSA) is 78.4 Å². The summed E-state index contributed by atoms with van der Waals surface area (Å²) in [4.78, 5) is 23.5. The minimum Gasteiger partial charge on any atom is -0.388 e. The Labute approximate surface area is 139 Å². The smallest absolute Gasteiger partial charge is 0.313 e. The molecule has 0 heterocycles. The summed E-state index contributed by atoms with van der Waals surface area (Å²) in [6.07, 6.45) is -0.377. The van der Waals surface area contributed by atoms with Crippen LogP contribution in [-0.4, -0.2) is 23.5 Å². The number of rotatable bonds is 5. The number of carbonyl (C=O) groups excluding carboxylic acids is 2. The Kier molecular flexibility index (Phi) is 6.14. The van der Waals surface area contributed by atoms with Gasteiger partial charge in [0.15, 0.2) is 0 Å². The van der Waals surface area contributed by atoms with Crippen molar-refractivity contribution >= 4 is 29.1 Å². The molecule has 2 aromatic carbocycles. The number of benzene rings is 2. The lowest BCUT2D eigenvalue weighted by molar-refractivity contribution is -0.136. The fraction of sp³-hybridized carbons (Fsp3) is 0.176. The molecule has 1 atom stereocenters. The summed E-state index contributed by atoms with van der Waals surface area (Å²) in [5, 5.41) is 15.2. The van der Waals surface area contributed by atoms with Gasteiger partial charge in [0.25, 0.3) is 0 Å². The van der Waals surface area contributed by atoms with Gasteiger partial charge in [0.05, 0.1) is 16.8 Å². The maximum Gasteiger partial charge on any atom is 0.313 e. The summed E-state index contributed by atoms with van der Waals surface area (Å²) in [6, 6.07) is 15.8. The maximum absolute atomic E-state index is 11.8. The van der Waals surface area contributed by atoms with Crippen LogP contribution >= 0.6 is 11.6 Å². The van der Waals surface area contributed by atoms with Crippen LogP contribution in [0, 0.1) is 0 Å². The van der Waals surface area contributed by atoms with Crippen LogP contribution in [0.4, 0.5) is 5.69 Å². The molecule has 0 spiro atoms. The van der Waals surface area contributed by atoms with Crippen LogP contribution in [0.3, 0.4) is 0 Å². The lowest BCUT2D eigenvalue weighted by Gasteiger charge is -2.11. The molecule has 0 aromatic heterocycles. The zero-order valence-corrected chi connectivity index (χ0v) is 13.1. The summed E-state index contributed by atoms with van der Waals surface area (Å²) in [5.74, 6) is -1.57. The van der Waals surface area contributed by atoms with E-state index in [1.807, 2.05) is 18.2 Å². The highest BCUT2D eigenvalue weighted by Crippen LogP contribution is 2.20. The molecule has 0 unspecified atom stereocenters. The van der Waals surface area contributed by atoms with Gasteiger partial charge in [-0.3, -0.25) is 9.59 Å². The highest BCUT2D eigenvalue weighted by Gasteiger charge is 2.15.